The van der Waals surface area contributed by atoms with E-state index < -0.39 is 5.97 Å². The fourth-order valence-electron chi connectivity index (χ4n) is 3.54. The van der Waals surface area contributed by atoms with E-state index in [0.717, 1.165) is 0 Å². The number of esters is 1. The number of benzene rings is 2. The minimum absolute atomic E-state index is 0.158. The largest absolute Gasteiger partial charge is 0.493 e. The van der Waals surface area contributed by atoms with Gasteiger partial charge in [-0.05, 0) is 42.3 Å². The van der Waals surface area contributed by atoms with Crippen LogP contribution in [0.3, 0.4) is 0 Å². The summed E-state index contributed by atoms with van der Waals surface area (Å²) in [7, 11) is 6.13. The Morgan fingerprint density at radius 3 is 1.75 bits per heavy atom. The molecule has 0 bridgehead atoms. The lowest BCUT2D eigenvalue weighted by Gasteiger charge is -2.14. The number of aromatic nitrogens is 1. The van der Waals surface area contributed by atoms with Crippen molar-refractivity contribution in [3.63, 3.8) is 0 Å². The molecule has 0 unspecified atom stereocenters. The molecule has 1 N–H and O–H groups in total. The highest BCUT2D eigenvalue weighted by atomic mass is 16.5. The average molecular weight is 439 g/mol. The zero-order chi connectivity index (χ0) is 23.3. The molecule has 0 saturated heterocycles. The monoisotopic (exact) mass is 439 g/mol. The van der Waals surface area contributed by atoms with Crippen LogP contribution in [0.5, 0.6) is 23.0 Å². The Balaban J connectivity index is 2.35. The second-order valence-corrected chi connectivity index (χ2v) is 6.64. The van der Waals surface area contributed by atoms with Crippen LogP contribution in [0.2, 0.25) is 0 Å². The van der Waals surface area contributed by atoms with Gasteiger partial charge in [0.2, 0.25) is 0 Å². The molecule has 0 fully saturated rings. The van der Waals surface area contributed by atoms with Crippen molar-refractivity contribution in [1.82, 2.24) is 4.98 Å². The van der Waals surface area contributed by atoms with Crippen molar-refractivity contribution in [2.24, 2.45) is 0 Å². The van der Waals surface area contributed by atoms with Gasteiger partial charge in [0, 0.05) is 11.1 Å². The third kappa shape index (κ3) is 4.12. The van der Waals surface area contributed by atoms with Crippen molar-refractivity contribution in [2.75, 3.05) is 35.0 Å². The molecule has 0 aliphatic carbocycles. The van der Waals surface area contributed by atoms with Gasteiger partial charge in [-0.25, -0.2) is 4.79 Å². The van der Waals surface area contributed by atoms with Crippen LogP contribution in [0.25, 0.3) is 22.3 Å². The molecule has 0 spiro atoms. The molecule has 1 heterocycles. The maximum absolute atomic E-state index is 12.8. The zero-order valence-corrected chi connectivity index (χ0v) is 18.6. The van der Waals surface area contributed by atoms with Crippen LogP contribution in [-0.2, 0) is 4.74 Å². The smallest absolute Gasteiger partial charge is 0.355 e. The Kier molecular flexibility index (Phi) is 7.04. The van der Waals surface area contributed by atoms with E-state index in [0.29, 0.717) is 51.5 Å². The summed E-state index contributed by atoms with van der Waals surface area (Å²) in [5.74, 6) is 1.46. The summed E-state index contributed by atoms with van der Waals surface area (Å²) in [6.45, 7) is 1.90. The number of nitrogens with one attached hydrogen (secondary N) is 1. The van der Waals surface area contributed by atoms with Gasteiger partial charge in [-0.3, -0.25) is 4.79 Å². The Morgan fingerprint density at radius 1 is 0.812 bits per heavy atom. The number of methoxy groups -OCH3 is 4. The van der Waals surface area contributed by atoms with Crippen LogP contribution in [0, 0.1) is 0 Å². The third-order valence-electron chi connectivity index (χ3n) is 4.97. The summed E-state index contributed by atoms with van der Waals surface area (Å²) in [5.41, 5.74) is 2.70. The number of hydrogen-bond donors (Lipinski definition) is 1. The van der Waals surface area contributed by atoms with Crippen LogP contribution in [-0.4, -0.2) is 52.3 Å². The highest BCUT2D eigenvalue weighted by Gasteiger charge is 2.26. The highest BCUT2D eigenvalue weighted by Crippen LogP contribution is 2.43. The summed E-state index contributed by atoms with van der Waals surface area (Å²) < 4.78 is 26.7. The van der Waals surface area contributed by atoms with E-state index in [2.05, 4.69) is 4.98 Å². The number of carbonyl (C=O) groups is 2. The quantitative estimate of drug-likeness (QED) is 0.391. The molecule has 8 heteroatoms. The Bertz CT molecular complexity index is 1130. The van der Waals surface area contributed by atoms with Gasteiger partial charge >= 0.3 is 5.97 Å². The maximum atomic E-state index is 12.8. The fourth-order valence-corrected chi connectivity index (χ4v) is 3.54. The molecule has 3 aromatic rings. The minimum Gasteiger partial charge on any atom is -0.493 e. The molecule has 0 aliphatic heterocycles. The number of ether oxygens (including phenoxy) is 5. The van der Waals surface area contributed by atoms with Gasteiger partial charge in [0.15, 0.2) is 29.3 Å². The lowest BCUT2D eigenvalue weighted by molar-refractivity contribution is 0.0521. The van der Waals surface area contributed by atoms with E-state index in [4.69, 9.17) is 23.7 Å². The topological polar surface area (TPSA) is 96.1 Å². The molecule has 0 atom stereocenters. The predicted molar refractivity (Wildman–Crippen MR) is 119 cm³/mol. The normalized spacial score (nSPS) is 10.4. The molecule has 0 saturated carbocycles. The van der Waals surface area contributed by atoms with Crippen LogP contribution in [0.4, 0.5) is 0 Å². The summed E-state index contributed by atoms with van der Waals surface area (Å²) >= 11 is 0. The molecule has 32 heavy (non-hydrogen) atoms. The molecule has 0 aliphatic rings. The molecule has 168 valence electrons. The van der Waals surface area contributed by atoms with Crippen molar-refractivity contribution in [2.45, 2.75) is 6.92 Å². The van der Waals surface area contributed by atoms with E-state index in [1.54, 1.807) is 50.4 Å². The van der Waals surface area contributed by atoms with E-state index >= 15 is 0 Å². The molecule has 3 rings (SSSR count). The molecule has 1 aromatic heterocycles. The van der Waals surface area contributed by atoms with E-state index in [-0.39, 0.29) is 18.0 Å². The van der Waals surface area contributed by atoms with Crippen molar-refractivity contribution in [1.29, 1.82) is 0 Å². The van der Waals surface area contributed by atoms with Crippen LogP contribution < -0.4 is 18.9 Å². The second kappa shape index (κ2) is 9.91. The number of H-pyrrole nitrogens is 1. The van der Waals surface area contributed by atoms with E-state index in [1.807, 2.05) is 0 Å². The summed E-state index contributed by atoms with van der Waals surface area (Å²) in [6, 6.07) is 10.5. The first kappa shape index (κ1) is 22.7. The molecule has 2 aromatic carbocycles. The minimum atomic E-state index is -0.577. The SMILES string of the molecule is CCOC(=O)c1[nH]c(C=O)c(-c2ccc(OC)c(OC)c2)c1-c1ccc(OC)c(OC)c1. The van der Waals surface area contributed by atoms with Crippen molar-refractivity contribution in [3.8, 4) is 45.3 Å². The van der Waals surface area contributed by atoms with Gasteiger partial charge in [-0.2, -0.15) is 0 Å². The van der Waals surface area contributed by atoms with Crippen molar-refractivity contribution in [3.05, 3.63) is 47.8 Å². The first-order chi connectivity index (χ1) is 15.5. The van der Waals surface area contributed by atoms with Gasteiger partial charge in [-0.15, -0.1) is 0 Å². The molecule has 0 amide bonds. The standard InChI is InChI=1S/C24H25NO7/c1-6-32-24(27)23-22(15-8-10-18(29-3)20(12-15)31-5)21(16(13-26)25-23)14-7-9-17(28-2)19(11-14)30-4/h7-13,25H,6H2,1-5H3. The Labute approximate surface area is 186 Å². The molecular weight excluding hydrogens is 414 g/mol. The van der Waals surface area contributed by atoms with Gasteiger partial charge < -0.3 is 28.7 Å². The lowest BCUT2D eigenvalue weighted by atomic mass is 9.94. The van der Waals surface area contributed by atoms with Crippen molar-refractivity contribution >= 4 is 12.3 Å². The summed E-state index contributed by atoms with van der Waals surface area (Å²) in [6.07, 6.45) is 0.666. The Hall–Kier alpha value is -3.94. The molecule has 8 nitrogen and oxygen atoms in total. The first-order valence-electron chi connectivity index (χ1n) is 9.85. The van der Waals surface area contributed by atoms with Crippen molar-refractivity contribution < 1.29 is 33.3 Å². The molecule has 0 radical (unpaired) electrons. The Morgan fingerprint density at radius 2 is 1.31 bits per heavy atom. The number of hydrogen-bond acceptors (Lipinski definition) is 7. The summed E-state index contributed by atoms with van der Waals surface area (Å²) in [4.78, 5) is 27.7. The fraction of sp³-hybridized carbons (Fsp3) is 0.250. The van der Waals surface area contributed by atoms with Gasteiger partial charge in [-0.1, -0.05) is 12.1 Å². The number of aldehydes is 1. The summed E-state index contributed by atoms with van der Waals surface area (Å²) in [5, 5.41) is 0. The van der Waals surface area contributed by atoms with E-state index in [9.17, 15) is 9.59 Å². The lowest BCUT2D eigenvalue weighted by Crippen LogP contribution is -2.07. The zero-order valence-electron chi connectivity index (χ0n) is 18.6. The van der Waals surface area contributed by atoms with Gasteiger partial charge in [0.25, 0.3) is 0 Å². The number of carbonyl (C=O) groups excluding carboxylic acids is 2. The van der Waals surface area contributed by atoms with Crippen LogP contribution in [0.1, 0.15) is 27.9 Å². The van der Waals surface area contributed by atoms with Gasteiger partial charge in [0.05, 0.1) is 40.7 Å². The van der Waals surface area contributed by atoms with Gasteiger partial charge in [0.1, 0.15) is 5.69 Å². The maximum Gasteiger partial charge on any atom is 0.355 e. The number of aromatic amines is 1. The third-order valence-corrected chi connectivity index (χ3v) is 4.97. The van der Waals surface area contributed by atoms with Crippen LogP contribution >= 0.6 is 0 Å². The first-order valence-corrected chi connectivity index (χ1v) is 9.85. The second-order valence-electron chi connectivity index (χ2n) is 6.64. The molecular formula is C24H25NO7. The predicted octanol–water partition coefficient (Wildman–Crippen LogP) is 4.37. The average Bonchev–Trinajstić information content (AvgIpc) is 3.23. The van der Waals surface area contributed by atoms with E-state index in [1.165, 1.54) is 21.3 Å². The highest BCUT2D eigenvalue weighted by molar-refractivity contribution is 6.06. The van der Waals surface area contributed by atoms with Crippen LogP contribution in [0.15, 0.2) is 36.4 Å². The number of rotatable bonds is 9.